The van der Waals surface area contributed by atoms with Crippen LogP contribution in [0, 0.1) is 6.92 Å². The van der Waals surface area contributed by atoms with Crippen molar-refractivity contribution >= 4 is 22.9 Å². The molecule has 0 radical (unpaired) electrons. The first-order valence-corrected chi connectivity index (χ1v) is 12.0. The normalized spacial score (nSPS) is 19.3. The van der Waals surface area contributed by atoms with E-state index in [-0.39, 0.29) is 11.9 Å². The molecular formula is C26H29N3OS. The van der Waals surface area contributed by atoms with Gasteiger partial charge in [-0.3, -0.25) is 9.69 Å². The lowest BCUT2D eigenvalue weighted by atomic mass is 9.93. The number of thiophene rings is 1. The molecule has 160 valence electrons. The molecule has 0 bridgehead atoms. The van der Waals surface area contributed by atoms with E-state index >= 15 is 0 Å². The first kappa shape index (κ1) is 20.3. The Morgan fingerprint density at radius 1 is 0.968 bits per heavy atom. The Balaban J connectivity index is 1.27. The minimum Gasteiger partial charge on any atom is -0.368 e. The van der Waals surface area contributed by atoms with Gasteiger partial charge in [-0.25, -0.2) is 0 Å². The van der Waals surface area contributed by atoms with Gasteiger partial charge >= 0.3 is 0 Å². The molecule has 2 aliphatic heterocycles. The zero-order valence-corrected chi connectivity index (χ0v) is 18.9. The molecule has 5 rings (SSSR count). The van der Waals surface area contributed by atoms with Crippen LogP contribution >= 0.6 is 11.3 Å². The monoisotopic (exact) mass is 431 g/mol. The number of hydrogen-bond acceptors (Lipinski definition) is 4. The van der Waals surface area contributed by atoms with Crippen molar-refractivity contribution in [2.24, 2.45) is 0 Å². The highest BCUT2D eigenvalue weighted by molar-refractivity contribution is 7.10. The summed E-state index contributed by atoms with van der Waals surface area (Å²) in [5.74, 6) is 0.253. The molecule has 5 heteroatoms. The second-order valence-corrected chi connectivity index (χ2v) is 9.54. The van der Waals surface area contributed by atoms with Crippen LogP contribution in [0.3, 0.4) is 0 Å². The summed E-state index contributed by atoms with van der Waals surface area (Å²) in [6, 6.07) is 21.7. The van der Waals surface area contributed by atoms with Crippen LogP contribution in [-0.4, -0.2) is 55.0 Å². The summed E-state index contributed by atoms with van der Waals surface area (Å²) in [6.07, 6.45) is 1.03. The molecule has 0 saturated carbocycles. The van der Waals surface area contributed by atoms with Gasteiger partial charge in [-0.15, -0.1) is 11.3 Å². The molecule has 0 N–H and O–H groups in total. The lowest BCUT2D eigenvalue weighted by molar-refractivity contribution is -0.133. The molecule has 4 nitrogen and oxygen atoms in total. The van der Waals surface area contributed by atoms with E-state index in [2.05, 4.69) is 87.7 Å². The Bertz CT molecular complexity index is 1040. The number of carbonyl (C=O) groups is 1. The van der Waals surface area contributed by atoms with Crippen LogP contribution in [0.1, 0.15) is 27.6 Å². The average molecular weight is 432 g/mol. The zero-order valence-electron chi connectivity index (χ0n) is 18.0. The van der Waals surface area contributed by atoms with Crippen molar-refractivity contribution in [2.75, 3.05) is 44.2 Å². The van der Waals surface area contributed by atoms with Gasteiger partial charge in [0.2, 0.25) is 5.91 Å². The Morgan fingerprint density at radius 3 is 2.55 bits per heavy atom. The predicted molar refractivity (Wildman–Crippen MR) is 128 cm³/mol. The van der Waals surface area contributed by atoms with Gasteiger partial charge in [-0.1, -0.05) is 42.5 Å². The number of hydrogen-bond donors (Lipinski definition) is 0. The summed E-state index contributed by atoms with van der Waals surface area (Å²) in [7, 11) is 0. The number of benzene rings is 2. The fourth-order valence-corrected chi connectivity index (χ4v) is 5.78. The highest BCUT2D eigenvalue weighted by Crippen LogP contribution is 2.37. The average Bonchev–Trinajstić information content (AvgIpc) is 3.28. The molecule has 1 amide bonds. The smallest absolute Gasteiger partial charge is 0.236 e. The number of carbonyl (C=O) groups excluding carboxylic acids is 1. The fourth-order valence-electron chi connectivity index (χ4n) is 4.88. The minimum atomic E-state index is 0.175. The van der Waals surface area contributed by atoms with E-state index in [0.717, 1.165) is 39.1 Å². The number of rotatable bonds is 4. The highest BCUT2D eigenvalue weighted by atomic mass is 32.1. The number of fused-ring (bicyclic) bond motifs is 1. The lowest BCUT2D eigenvalue weighted by Gasteiger charge is -2.39. The van der Waals surface area contributed by atoms with E-state index in [1.54, 1.807) is 0 Å². The SMILES string of the molecule is Cc1cccc(N2CCN(C(=O)CN3CCc4sccc4[C@H]3c3ccccc3)CC2)c1. The van der Waals surface area contributed by atoms with Crippen molar-refractivity contribution in [3.63, 3.8) is 0 Å². The van der Waals surface area contributed by atoms with Crippen LogP contribution in [0.2, 0.25) is 0 Å². The second kappa shape index (κ2) is 8.85. The Kier molecular flexibility index (Phi) is 5.79. The van der Waals surface area contributed by atoms with Gasteiger partial charge in [0.1, 0.15) is 0 Å². The lowest BCUT2D eigenvalue weighted by Crippen LogP contribution is -2.52. The van der Waals surface area contributed by atoms with Crippen molar-refractivity contribution in [3.05, 3.63) is 87.6 Å². The predicted octanol–water partition coefficient (Wildman–Crippen LogP) is 4.35. The van der Waals surface area contributed by atoms with Gasteiger partial charge in [-0.2, -0.15) is 0 Å². The molecule has 1 atom stereocenters. The maximum atomic E-state index is 13.3. The quantitative estimate of drug-likeness (QED) is 0.614. The van der Waals surface area contributed by atoms with Gasteiger partial charge in [0.15, 0.2) is 0 Å². The molecule has 2 aliphatic rings. The fraction of sp³-hybridized carbons (Fsp3) is 0.346. The third-order valence-corrected chi connectivity index (χ3v) is 7.52. The summed E-state index contributed by atoms with van der Waals surface area (Å²) in [6.45, 7) is 6.92. The molecule has 3 aromatic rings. The highest BCUT2D eigenvalue weighted by Gasteiger charge is 2.32. The van der Waals surface area contributed by atoms with E-state index in [0.29, 0.717) is 6.54 Å². The van der Waals surface area contributed by atoms with E-state index in [9.17, 15) is 4.79 Å². The summed E-state index contributed by atoms with van der Waals surface area (Å²) >= 11 is 1.84. The van der Waals surface area contributed by atoms with Gasteiger partial charge in [0.05, 0.1) is 12.6 Å². The zero-order chi connectivity index (χ0) is 21.2. The van der Waals surface area contributed by atoms with Crippen LogP contribution < -0.4 is 4.90 Å². The summed E-state index contributed by atoms with van der Waals surface area (Å²) < 4.78 is 0. The summed E-state index contributed by atoms with van der Waals surface area (Å²) in [4.78, 5) is 21.5. The first-order valence-electron chi connectivity index (χ1n) is 11.1. The molecule has 3 heterocycles. The molecule has 1 saturated heterocycles. The third-order valence-electron chi connectivity index (χ3n) is 6.52. The summed E-state index contributed by atoms with van der Waals surface area (Å²) in [5, 5.41) is 2.19. The van der Waals surface area contributed by atoms with Crippen LogP contribution in [0.25, 0.3) is 0 Å². The first-order chi connectivity index (χ1) is 15.2. The van der Waals surface area contributed by atoms with Crippen molar-refractivity contribution < 1.29 is 4.79 Å². The Hall–Kier alpha value is -2.63. The molecular weight excluding hydrogens is 402 g/mol. The molecule has 1 aromatic heterocycles. The van der Waals surface area contributed by atoms with Crippen LogP contribution in [0.5, 0.6) is 0 Å². The number of aryl methyl sites for hydroxylation is 1. The summed E-state index contributed by atoms with van der Waals surface area (Å²) in [5.41, 5.74) is 5.19. The molecule has 0 aliphatic carbocycles. The molecule has 0 unspecified atom stereocenters. The van der Waals surface area contributed by atoms with Gasteiger partial charge in [-0.05, 0) is 53.6 Å². The van der Waals surface area contributed by atoms with E-state index in [4.69, 9.17) is 0 Å². The van der Waals surface area contributed by atoms with Crippen LogP contribution in [-0.2, 0) is 11.2 Å². The van der Waals surface area contributed by atoms with Gasteiger partial charge < -0.3 is 9.80 Å². The second-order valence-electron chi connectivity index (χ2n) is 8.54. The number of amides is 1. The largest absolute Gasteiger partial charge is 0.368 e. The third kappa shape index (κ3) is 4.25. The molecule has 0 spiro atoms. The van der Waals surface area contributed by atoms with E-state index < -0.39 is 0 Å². The van der Waals surface area contributed by atoms with Crippen molar-refractivity contribution in [1.29, 1.82) is 0 Å². The molecule has 2 aromatic carbocycles. The standard InChI is InChI=1S/C26H29N3OS/c1-20-6-5-9-22(18-20)27-13-15-28(16-14-27)25(30)19-29-12-10-24-23(11-17-31-24)26(29)21-7-3-2-4-8-21/h2-9,11,17-18,26H,10,12-16,19H2,1H3/t26-/m1/s1. The van der Waals surface area contributed by atoms with Crippen LogP contribution in [0.15, 0.2) is 66.0 Å². The van der Waals surface area contributed by atoms with Crippen molar-refractivity contribution in [3.8, 4) is 0 Å². The van der Waals surface area contributed by atoms with Crippen molar-refractivity contribution in [1.82, 2.24) is 9.80 Å². The Labute approximate surface area is 188 Å². The minimum absolute atomic E-state index is 0.175. The van der Waals surface area contributed by atoms with Crippen LogP contribution in [0.4, 0.5) is 5.69 Å². The van der Waals surface area contributed by atoms with Crippen molar-refractivity contribution in [2.45, 2.75) is 19.4 Å². The van der Waals surface area contributed by atoms with E-state index in [1.165, 1.54) is 27.3 Å². The molecule has 31 heavy (non-hydrogen) atoms. The van der Waals surface area contributed by atoms with E-state index in [1.807, 2.05) is 11.3 Å². The maximum absolute atomic E-state index is 13.3. The molecule has 1 fully saturated rings. The number of nitrogens with zero attached hydrogens (tertiary/aromatic N) is 3. The maximum Gasteiger partial charge on any atom is 0.236 e. The number of piperazine rings is 1. The Morgan fingerprint density at radius 2 is 1.77 bits per heavy atom. The van der Waals surface area contributed by atoms with Gasteiger partial charge in [0, 0.05) is 43.3 Å². The number of anilines is 1. The van der Waals surface area contributed by atoms with Gasteiger partial charge in [0.25, 0.3) is 0 Å². The topological polar surface area (TPSA) is 26.8 Å².